The summed E-state index contributed by atoms with van der Waals surface area (Å²) in [5, 5.41) is 0.686. The van der Waals surface area contributed by atoms with Crippen LogP contribution in [-0.2, 0) is 14.8 Å². The molecule has 1 fully saturated rings. The van der Waals surface area contributed by atoms with Gasteiger partial charge in [-0.1, -0.05) is 42.2 Å². The van der Waals surface area contributed by atoms with Crippen LogP contribution in [0.5, 0.6) is 0 Å². The monoisotopic (exact) mass is 412 g/mol. The summed E-state index contributed by atoms with van der Waals surface area (Å²) >= 11 is 5.80. The number of nitrogens with one attached hydrogen (secondary N) is 1. The molecule has 1 N–H and O–H groups in total. The van der Waals surface area contributed by atoms with Gasteiger partial charge in [-0.3, -0.25) is 4.79 Å². The highest BCUT2D eigenvalue weighted by molar-refractivity contribution is 8.26. The number of hydrazine groups is 1. The molecule has 0 aliphatic carbocycles. The second-order valence-corrected chi connectivity index (χ2v) is 8.43. The third-order valence-corrected chi connectivity index (χ3v) is 5.92. The van der Waals surface area contributed by atoms with E-state index >= 15 is 0 Å². The molecule has 0 aromatic heterocycles. The van der Waals surface area contributed by atoms with Gasteiger partial charge in [0.1, 0.15) is 11.6 Å². The minimum atomic E-state index is -4.03. The average molecular weight is 412 g/mol. The van der Waals surface area contributed by atoms with Crippen LogP contribution in [-0.4, -0.2) is 23.7 Å². The van der Waals surface area contributed by atoms with Crippen molar-refractivity contribution in [3.05, 3.63) is 70.6 Å². The van der Waals surface area contributed by atoms with Crippen molar-refractivity contribution in [2.24, 2.45) is 0 Å². The van der Waals surface area contributed by atoms with Crippen LogP contribution in [0.3, 0.4) is 0 Å². The van der Waals surface area contributed by atoms with Gasteiger partial charge in [-0.25, -0.2) is 22.2 Å². The Morgan fingerprint density at radius 1 is 1.12 bits per heavy atom. The summed E-state index contributed by atoms with van der Waals surface area (Å²) in [6.45, 7) is 0. The highest BCUT2D eigenvalue weighted by atomic mass is 32.2. The standard InChI is InChI=1S/C16H10F2N2O3S3/c17-11-6-7-13(18)10(8-11)9-14-15(21)20(16(24)25-14)19-26(22,23)12-4-2-1-3-5-12/h1-9,19H/b14-9+. The lowest BCUT2D eigenvalue weighted by molar-refractivity contribution is -0.123. The molecular weight excluding hydrogens is 402 g/mol. The van der Waals surface area contributed by atoms with Crippen LogP contribution >= 0.6 is 24.0 Å². The molecule has 10 heteroatoms. The van der Waals surface area contributed by atoms with Gasteiger partial charge in [-0.05, 0) is 36.4 Å². The van der Waals surface area contributed by atoms with Crippen molar-refractivity contribution in [2.45, 2.75) is 4.90 Å². The van der Waals surface area contributed by atoms with E-state index in [2.05, 4.69) is 4.83 Å². The van der Waals surface area contributed by atoms with Gasteiger partial charge in [-0.15, -0.1) is 4.83 Å². The summed E-state index contributed by atoms with van der Waals surface area (Å²) < 4.78 is 51.6. The van der Waals surface area contributed by atoms with Crippen molar-refractivity contribution in [1.82, 2.24) is 9.84 Å². The Balaban J connectivity index is 1.88. The number of benzene rings is 2. The number of hydrogen-bond acceptors (Lipinski definition) is 5. The van der Waals surface area contributed by atoms with Crippen LogP contribution in [0, 0.1) is 11.6 Å². The van der Waals surface area contributed by atoms with E-state index in [1.54, 1.807) is 6.07 Å². The molecule has 0 saturated carbocycles. The Morgan fingerprint density at radius 3 is 2.50 bits per heavy atom. The Kier molecular flexibility index (Phi) is 5.19. The zero-order valence-corrected chi connectivity index (χ0v) is 15.3. The van der Waals surface area contributed by atoms with E-state index in [0.717, 1.165) is 36.0 Å². The largest absolute Gasteiger partial charge is 0.281 e. The zero-order chi connectivity index (χ0) is 18.9. The molecular formula is C16H10F2N2O3S3. The SMILES string of the molecule is O=C1/C(=C\c2cc(F)ccc2F)SC(=S)N1NS(=O)(=O)c1ccccc1. The van der Waals surface area contributed by atoms with E-state index in [9.17, 15) is 22.0 Å². The third-order valence-electron chi connectivity index (χ3n) is 3.30. The number of thiocarbonyl (C=S) groups is 1. The summed E-state index contributed by atoms with van der Waals surface area (Å²) in [5.41, 5.74) is -0.142. The second-order valence-electron chi connectivity index (χ2n) is 5.09. The van der Waals surface area contributed by atoms with Crippen molar-refractivity contribution in [1.29, 1.82) is 0 Å². The highest BCUT2D eigenvalue weighted by Crippen LogP contribution is 2.32. The number of amides is 1. The van der Waals surface area contributed by atoms with Gasteiger partial charge >= 0.3 is 0 Å². The third kappa shape index (κ3) is 3.83. The number of carbonyl (C=O) groups excluding carboxylic acids is 1. The first kappa shape index (κ1) is 18.6. The topological polar surface area (TPSA) is 66.5 Å². The van der Waals surface area contributed by atoms with Gasteiger partial charge in [-0.2, -0.15) is 0 Å². The molecule has 1 saturated heterocycles. The van der Waals surface area contributed by atoms with Crippen molar-refractivity contribution in [3.63, 3.8) is 0 Å². The number of halogens is 2. The molecule has 0 bridgehead atoms. The molecule has 5 nitrogen and oxygen atoms in total. The van der Waals surface area contributed by atoms with Crippen LogP contribution in [0.1, 0.15) is 5.56 Å². The summed E-state index contributed by atoms with van der Waals surface area (Å²) in [5.74, 6) is -2.16. The fourth-order valence-electron chi connectivity index (χ4n) is 2.09. The molecule has 0 spiro atoms. The summed E-state index contributed by atoms with van der Waals surface area (Å²) in [6, 6.07) is 10.2. The van der Waals surface area contributed by atoms with Crippen LogP contribution in [0.4, 0.5) is 8.78 Å². The van der Waals surface area contributed by atoms with E-state index in [-0.39, 0.29) is 19.7 Å². The summed E-state index contributed by atoms with van der Waals surface area (Å²) in [4.78, 5) is 14.5. The number of nitrogens with zero attached hydrogens (tertiary/aromatic N) is 1. The molecule has 0 unspecified atom stereocenters. The van der Waals surface area contributed by atoms with E-state index in [0.29, 0.717) is 5.01 Å². The van der Waals surface area contributed by atoms with Gasteiger partial charge in [0, 0.05) is 5.56 Å². The van der Waals surface area contributed by atoms with Gasteiger partial charge in [0.25, 0.3) is 15.9 Å². The van der Waals surface area contributed by atoms with Crippen LogP contribution in [0.25, 0.3) is 6.08 Å². The quantitative estimate of drug-likeness (QED) is 0.618. The maximum atomic E-state index is 13.7. The Labute approximate surface area is 157 Å². The summed E-state index contributed by atoms with van der Waals surface area (Å²) in [7, 11) is -4.03. The number of hydrogen-bond donors (Lipinski definition) is 1. The van der Waals surface area contributed by atoms with Crippen molar-refractivity contribution < 1.29 is 22.0 Å². The lowest BCUT2D eigenvalue weighted by Crippen LogP contribution is -2.44. The maximum Gasteiger partial charge on any atom is 0.281 e. The smallest absolute Gasteiger partial charge is 0.267 e. The first-order valence-corrected chi connectivity index (χ1v) is 9.79. The molecule has 1 amide bonds. The summed E-state index contributed by atoms with van der Waals surface area (Å²) in [6.07, 6.45) is 1.12. The Hall–Kier alpha value is -2.14. The normalized spacial score (nSPS) is 16.5. The molecule has 1 aliphatic heterocycles. The second kappa shape index (κ2) is 7.23. The number of sulfonamides is 1. The lowest BCUT2D eigenvalue weighted by atomic mass is 10.2. The fraction of sp³-hybridized carbons (Fsp3) is 0. The number of rotatable bonds is 4. The zero-order valence-electron chi connectivity index (χ0n) is 12.8. The number of carbonyl (C=O) groups is 1. The van der Waals surface area contributed by atoms with Crippen molar-refractivity contribution >= 4 is 50.3 Å². The first-order valence-electron chi connectivity index (χ1n) is 7.08. The molecule has 0 atom stereocenters. The molecule has 1 heterocycles. The predicted molar refractivity (Wildman–Crippen MR) is 98.1 cm³/mol. The molecule has 134 valence electrons. The molecule has 0 radical (unpaired) electrons. The van der Waals surface area contributed by atoms with Gasteiger partial charge in [0.2, 0.25) is 0 Å². The van der Waals surface area contributed by atoms with Gasteiger partial charge < -0.3 is 0 Å². The van der Waals surface area contributed by atoms with Crippen LogP contribution in [0.2, 0.25) is 0 Å². The van der Waals surface area contributed by atoms with E-state index < -0.39 is 27.6 Å². The Morgan fingerprint density at radius 2 is 1.81 bits per heavy atom. The fourth-order valence-corrected chi connectivity index (χ4v) is 4.41. The van der Waals surface area contributed by atoms with E-state index in [1.807, 2.05) is 0 Å². The van der Waals surface area contributed by atoms with Crippen LogP contribution < -0.4 is 4.83 Å². The molecule has 3 rings (SSSR count). The molecule has 26 heavy (non-hydrogen) atoms. The molecule has 2 aromatic carbocycles. The van der Waals surface area contributed by atoms with Crippen LogP contribution in [0.15, 0.2) is 58.3 Å². The highest BCUT2D eigenvalue weighted by Gasteiger charge is 2.35. The molecule has 2 aromatic rings. The van der Waals surface area contributed by atoms with E-state index in [1.165, 1.54) is 24.3 Å². The van der Waals surface area contributed by atoms with Crippen molar-refractivity contribution in [2.75, 3.05) is 0 Å². The first-order chi connectivity index (χ1) is 12.3. The average Bonchev–Trinajstić information content (AvgIpc) is 2.86. The predicted octanol–water partition coefficient (Wildman–Crippen LogP) is 3.06. The maximum absolute atomic E-state index is 13.7. The van der Waals surface area contributed by atoms with Gasteiger partial charge in [0.05, 0.1) is 9.80 Å². The minimum Gasteiger partial charge on any atom is -0.267 e. The molecule has 1 aliphatic rings. The van der Waals surface area contributed by atoms with E-state index in [4.69, 9.17) is 12.2 Å². The number of thioether (sulfide) groups is 1. The minimum absolute atomic E-state index is 0.0322. The lowest BCUT2D eigenvalue weighted by Gasteiger charge is -2.15. The van der Waals surface area contributed by atoms with Gasteiger partial charge in [0.15, 0.2) is 4.32 Å². The Bertz CT molecular complexity index is 1020. The van der Waals surface area contributed by atoms with Crippen molar-refractivity contribution in [3.8, 4) is 0 Å².